The van der Waals surface area contributed by atoms with Crippen LogP contribution in [0.15, 0.2) is 46.9 Å². The lowest BCUT2D eigenvalue weighted by atomic mass is 10.1. The van der Waals surface area contributed by atoms with E-state index in [2.05, 4.69) is 10.6 Å². The van der Waals surface area contributed by atoms with E-state index in [1.54, 1.807) is 19.1 Å². The summed E-state index contributed by atoms with van der Waals surface area (Å²) in [6, 6.07) is 12.9. The van der Waals surface area contributed by atoms with Crippen molar-refractivity contribution in [1.29, 1.82) is 0 Å². The van der Waals surface area contributed by atoms with E-state index in [0.29, 0.717) is 11.3 Å². The Bertz CT molecular complexity index is 900. The van der Waals surface area contributed by atoms with E-state index in [-0.39, 0.29) is 19.1 Å². The minimum absolute atomic E-state index is 0.0510. The molecule has 0 aliphatic carbocycles. The van der Waals surface area contributed by atoms with Gasteiger partial charge in [-0.15, -0.1) is 0 Å². The van der Waals surface area contributed by atoms with Crippen molar-refractivity contribution in [3.63, 3.8) is 0 Å². The van der Waals surface area contributed by atoms with Crippen LogP contribution in [0.25, 0.3) is 21.9 Å². The monoisotopic (exact) mass is 326 g/mol. The van der Waals surface area contributed by atoms with Gasteiger partial charge in [0.25, 0.3) is 0 Å². The number of fused-ring (bicyclic) bond motifs is 3. The maximum Gasteiger partial charge on any atom is 0.313 e. The fraction of sp³-hybridized carbons (Fsp3) is 0.222. The summed E-state index contributed by atoms with van der Waals surface area (Å²) in [6.07, 6.45) is 0. The zero-order chi connectivity index (χ0) is 17.1. The van der Waals surface area contributed by atoms with Crippen molar-refractivity contribution >= 4 is 39.4 Å². The third kappa shape index (κ3) is 3.23. The van der Waals surface area contributed by atoms with Crippen LogP contribution >= 0.6 is 0 Å². The molecule has 124 valence electrons. The highest BCUT2D eigenvalue weighted by Crippen LogP contribution is 2.30. The summed E-state index contributed by atoms with van der Waals surface area (Å²) in [5.41, 5.74) is 1.90. The Morgan fingerprint density at radius 3 is 2.62 bits per heavy atom. The van der Waals surface area contributed by atoms with Gasteiger partial charge in [-0.2, -0.15) is 0 Å². The average molecular weight is 326 g/mol. The fourth-order valence-corrected chi connectivity index (χ4v) is 2.40. The van der Waals surface area contributed by atoms with Crippen LogP contribution in [-0.4, -0.2) is 30.1 Å². The molecule has 0 spiro atoms. The van der Waals surface area contributed by atoms with Crippen molar-refractivity contribution in [3.8, 4) is 0 Å². The molecule has 0 aliphatic heterocycles. The summed E-state index contributed by atoms with van der Waals surface area (Å²) >= 11 is 0. The molecule has 1 heterocycles. The molecular weight excluding hydrogens is 308 g/mol. The van der Waals surface area contributed by atoms with Gasteiger partial charge in [0.1, 0.15) is 11.2 Å². The van der Waals surface area contributed by atoms with Crippen molar-refractivity contribution in [1.82, 2.24) is 5.32 Å². The van der Waals surface area contributed by atoms with Gasteiger partial charge in [-0.1, -0.05) is 25.1 Å². The SMILES string of the molecule is CC(CO)CNC(=O)C(=O)Nc1ccc2c(c1)oc1ccccc12. The van der Waals surface area contributed by atoms with Gasteiger partial charge in [-0.05, 0) is 24.1 Å². The highest BCUT2D eigenvalue weighted by Gasteiger charge is 2.15. The number of amides is 2. The number of anilines is 1. The molecule has 3 aromatic rings. The number of hydrogen-bond donors (Lipinski definition) is 3. The Hall–Kier alpha value is -2.86. The third-order valence-corrected chi connectivity index (χ3v) is 3.77. The van der Waals surface area contributed by atoms with Crippen LogP contribution in [0.1, 0.15) is 6.92 Å². The lowest BCUT2D eigenvalue weighted by Crippen LogP contribution is -2.38. The number of aliphatic hydroxyl groups is 1. The van der Waals surface area contributed by atoms with Crippen molar-refractivity contribution in [2.45, 2.75) is 6.92 Å². The second-order valence-electron chi connectivity index (χ2n) is 5.76. The van der Waals surface area contributed by atoms with E-state index in [0.717, 1.165) is 16.4 Å². The van der Waals surface area contributed by atoms with Gasteiger partial charge in [0.05, 0.1) is 0 Å². The number of nitrogens with one attached hydrogen (secondary N) is 2. The normalized spacial score (nSPS) is 12.2. The van der Waals surface area contributed by atoms with E-state index in [1.807, 2.05) is 30.3 Å². The number of furan rings is 1. The predicted molar refractivity (Wildman–Crippen MR) is 91.6 cm³/mol. The summed E-state index contributed by atoms with van der Waals surface area (Å²) in [5, 5.41) is 15.9. The Morgan fingerprint density at radius 1 is 1.08 bits per heavy atom. The van der Waals surface area contributed by atoms with Gasteiger partial charge >= 0.3 is 11.8 Å². The lowest BCUT2D eigenvalue weighted by Gasteiger charge is -2.09. The molecule has 0 saturated heterocycles. The minimum atomic E-state index is -0.754. The van der Waals surface area contributed by atoms with Crippen molar-refractivity contribution in [2.75, 3.05) is 18.5 Å². The summed E-state index contributed by atoms with van der Waals surface area (Å²) in [4.78, 5) is 23.6. The maximum atomic E-state index is 11.9. The summed E-state index contributed by atoms with van der Waals surface area (Å²) < 4.78 is 5.75. The number of benzene rings is 2. The standard InChI is InChI=1S/C18H18N2O4/c1-11(10-21)9-19-17(22)18(23)20-12-6-7-14-13-4-2-3-5-15(13)24-16(14)8-12/h2-8,11,21H,9-10H2,1H3,(H,19,22)(H,20,23). The average Bonchev–Trinajstić information content (AvgIpc) is 2.96. The molecule has 24 heavy (non-hydrogen) atoms. The van der Waals surface area contributed by atoms with Gasteiger partial charge < -0.3 is 20.2 Å². The van der Waals surface area contributed by atoms with Gasteiger partial charge in [-0.3, -0.25) is 9.59 Å². The Balaban J connectivity index is 1.74. The van der Waals surface area contributed by atoms with Gasteiger partial charge in [0.2, 0.25) is 0 Å². The fourth-order valence-electron chi connectivity index (χ4n) is 2.40. The van der Waals surface area contributed by atoms with E-state index in [1.165, 1.54) is 0 Å². The smallest absolute Gasteiger partial charge is 0.313 e. The van der Waals surface area contributed by atoms with Crippen LogP contribution in [0.2, 0.25) is 0 Å². The maximum absolute atomic E-state index is 11.9. The largest absolute Gasteiger partial charge is 0.456 e. The predicted octanol–water partition coefficient (Wildman–Crippen LogP) is 2.27. The molecular formula is C18H18N2O4. The molecule has 3 N–H and O–H groups in total. The first kappa shape index (κ1) is 16.0. The zero-order valence-electron chi connectivity index (χ0n) is 13.2. The topological polar surface area (TPSA) is 91.6 Å². The molecule has 1 aromatic heterocycles. The molecule has 0 fully saturated rings. The van der Waals surface area contributed by atoms with Crippen molar-refractivity contribution in [2.24, 2.45) is 5.92 Å². The lowest BCUT2D eigenvalue weighted by molar-refractivity contribution is -0.136. The molecule has 1 unspecified atom stereocenters. The molecule has 0 radical (unpaired) electrons. The number of aliphatic hydroxyl groups excluding tert-OH is 1. The van der Waals surface area contributed by atoms with Crippen LogP contribution in [-0.2, 0) is 9.59 Å². The van der Waals surface area contributed by atoms with Crippen molar-refractivity contribution < 1.29 is 19.1 Å². The first-order valence-electron chi connectivity index (χ1n) is 7.70. The second kappa shape index (κ2) is 6.72. The molecule has 2 aromatic carbocycles. The number of hydrogen-bond acceptors (Lipinski definition) is 4. The molecule has 2 amide bonds. The zero-order valence-corrected chi connectivity index (χ0v) is 13.2. The van der Waals surface area contributed by atoms with Crippen LogP contribution < -0.4 is 10.6 Å². The molecule has 0 bridgehead atoms. The van der Waals surface area contributed by atoms with Gasteiger partial charge in [0.15, 0.2) is 0 Å². The van der Waals surface area contributed by atoms with Crippen LogP contribution in [0.5, 0.6) is 0 Å². The van der Waals surface area contributed by atoms with E-state index in [4.69, 9.17) is 9.52 Å². The highest BCUT2D eigenvalue weighted by atomic mass is 16.3. The highest BCUT2D eigenvalue weighted by molar-refractivity contribution is 6.39. The first-order chi connectivity index (χ1) is 11.6. The quantitative estimate of drug-likeness (QED) is 0.641. The number of rotatable bonds is 4. The van der Waals surface area contributed by atoms with Gasteiger partial charge in [0, 0.05) is 35.7 Å². The van der Waals surface area contributed by atoms with Gasteiger partial charge in [-0.25, -0.2) is 0 Å². The Labute approximate surface area is 138 Å². The molecule has 0 saturated carbocycles. The molecule has 6 heteroatoms. The van der Waals surface area contributed by atoms with E-state index < -0.39 is 11.8 Å². The van der Waals surface area contributed by atoms with Crippen molar-refractivity contribution in [3.05, 3.63) is 42.5 Å². The van der Waals surface area contributed by atoms with Crippen LogP contribution in [0.4, 0.5) is 5.69 Å². The summed E-state index contributed by atoms with van der Waals surface area (Å²) in [6.45, 7) is 1.96. The molecule has 1 atom stereocenters. The number of carbonyl (C=O) groups is 2. The van der Waals surface area contributed by atoms with Crippen LogP contribution in [0.3, 0.4) is 0 Å². The minimum Gasteiger partial charge on any atom is -0.456 e. The van der Waals surface area contributed by atoms with E-state index >= 15 is 0 Å². The third-order valence-electron chi connectivity index (χ3n) is 3.77. The second-order valence-corrected chi connectivity index (χ2v) is 5.76. The Morgan fingerprint density at radius 2 is 1.83 bits per heavy atom. The first-order valence-corrected chi connectivity index (χ1v) is 7.70. The van der Waals surface area contributed by atoms with Crippen LogP contribution in [0, 0.1) is 5.92 Å². The summed E-state index contributed by atoms with van der Waals surface area (Å²) in [7, 11) is 0. The van der Waals surface area contributed by atoms with E-state index in [9.17, 15) is 9.59 Å². The number of para-hydroxylation sites is 1. The molecule has 6 nitrogen and oxygen atoms in total. The summed E-state index contributed by atoms with van der Waals surface area (Å²) in [5.74, 6) is -1.59. The molecule has 0 aliphatic rings. The molecule has 3 rings (SSSR count). The number of carbonyl (C=O) groups excluding carboxylic acids is 2. The Kier molecular flexibility index (Phi) is 4.48.